The van der Waals surface area contributed by atoms with Crippen molar-refractivity contribution in [1.29, 1.82) is 0 Å². The number of hydrogen-bond acceptors (Lipinski definition) is 7. The fourth-order valence-corrected chi connectivity index (χ4v) is 13.3. The van der Waals surface area contributed by atoms with E-state index in [-0.39, 0.29) is 6.54 Å². The summed E-state index contributed by atoms with van der Waals surface area (Å²) in [5, 5.41) is 2.86. The van der Waals surface area contributed by atoms with Crippen LogP contribution in [-0.2, 0) is 18.7 Å². The van der Waals surface area contributed by atoms with Crippen molar-refractivity contribution in [1.82, 2.24) is 19.9 Å². The Morgan fingerprint density at radius 2 is 1.38 bits per heavy atom. The molecule has 1 aromatic heterocycles. The van der Waals surface area contributed by atoms with Gasteiger partial charge in [-0.05, 0) is 0 Å². The number of carbonyl (C=O) groups is 1. The molecule has 0 radical (unpaired) electrons. The third-order valence-corrected chi connectivity index (χ3v) is 14.7. The van der Waals surface area contributed by atoms with Gasteiger partial charge in [0.15, 0.2) is 0 Å². The Morgan fingerprint density at radius 1 is 0.857 bits per heavy atom. The predicted molar refractivity (Wildman–Crippen MR) is 164 cm³/mol. The minimum atomic E-state index is -4.90. The van der Waals surface area contributed by atoms with Crippen LogP contribution in [0.25, 0.3) is 5.57 Å². The van der Waals surface area contributed by atoms with E-state index in [2.05, 4.69) is 9.97 Å². The molecular formula is C31H29N4O5PS. The number of carbonyl (C=O) groups excluding carboxylic acids is 1. The van der Waals surface area contributed by atoms with Crippen LogP contribution < -0.4 is 15.9 Å². The molecule has 11 heteroatoms. The van der Waals surface area contributed by atoms with Gasteiger partial charge in [0.25, 0.3) is 0 Å². The molecule has 3 aromatic carbocycles. The van der Waals surface area contributed by atoms with Gasteiger partial charge in [-0.2, -0.15) is 0 Å². The first kappa shape index (κ1) is 27.9. The second-order valence-electron chi connectivity index (χ2n) is 9.96. The topological polar surface area (TPSA) is 102 Å². The summed E-state index contributed by atoms with van der Waals surface area (Å²) in [6.45, 7) is -2.05. The van der Waals surface area contributed by atoms with Gasteiger partial charge in [-0.3, -0.25) is 0 Å². The molecule has 42 heavy (non-hydrogen) atoms. The molecule has 6 rings (SSSR count). The molecule has 2 bridgehead atoms. The average molecular weight is 601 g/mol. The summed E-state index contributed by atoms with van der Waals surface area (Å²) in [7, 11) is -4.90. The zero-order valence-corrected chi connectivity index (χ0v) is 24.5. The molecule has 1 atom stereocenters. The van der Waals surface area contributed by atoms with Gasteiger partial charge in [-0.1, -0.05) is 0 Å². The van der Waals surface area contributed by atoms with Gasteiger partial charge in [0.05, 0.1) is 0 Å². The third kappa shape index (κ3) is 4.53. The number of hydroxylamine groups is 2. The molecule has 2 amide bonds. The van der Waals surface area contributed by atoms with E-state index in [1.807, 2.05) is 110 Å². The van der Waals surface area contributed by atoms with Crippen LogP contribution in [0.2, 0.25) is 0 Å². The zero-order valence-electron chi connectivity index (χ0n) is 22.8. The Hall–Kier alpha value is -4.21. The number of amides is 2. The van der Waals surface area contributed by atoms with Crippen molar-refractivity contribution in [3.63, 3.8) is 0 Å². The van der Waals surface area contributed by atoms with Gasteiger partial charge < -0.3 is 0 Å². The van der Waals surface area contributed by atoms with E-state index in [1.54, 1.807) is 18.5 Å². The van der Waals surface area contributed by atoms with Crippen molar-refractivity contribution in [2.45, 2.75) is 13.0 Å². The molecule has 0 saturated carbocycles. The van der Waals surface area contributed by atoms with Crippen molar-refractivity contribution in [3.05, 3.63) is 133 Å². The molecule has 9 nitrogen and oxygen atoms in total. The molecule has 2 aliphatic rings. The number of aromatic nitrogens is 2. The Labute approximate surface area is 245 Å². The zero-order chi connectivity index (χ0) is 29.2. The number of hydrogen-bond donors (Lipinski definition) is 0. The monoisotopic (exact) mass is 600 g/mol. The molecule has 1 fully saturated rings. The SMILES string of the molecule is CC=CP(OS(=O)(=O)ON1C(=O)N2CC=C(c3cncnc3)C1C2)(c1ccccc1)(c1ccccc1)c1ccccc1. The van der Waals surface area contributed by atoms with E-state index in [0.717, 1.165) is 5.06 Å². The molecule has 1 unspecified atom stereocenters. The van der Waals surface area contributed by atoms with Gasteiger partial charge in [-0.25, -0.2) is 0 Å². The molecular weight excluding hydrogens is 571 g/mol. The van der Waals surface area contributed by atoms with Crippen molar-refractivity contribution < 1.29 is 21.5 Å². The van der Waals surface area contributed by atoms with E-state index in [1.165, 1.54) is 11.2 Å². The molecule has 4 aromatic rings. The van der Waals surface area contributed by atoms with E-state index in [0.29, 0.717) is 33.6 Å². The molecule has 0 aliphatic carbocycles. The van der Waals surface area contributed by atoms with Gasteiger partial charge in [0, 0.05) is 0 Å². The van der Waals surface area contributed by atoms with Crippen molar-refractivity contribution in [3.8, 4) is 0 Å². The number of urea groups is 1. The van der Waals surface area contributed by atoms with Crippen LogP contribution in [0.15, 0.2) is 128 Å². The predicted octanol–water partition coefficient (Wildman–Crippen LogP) is 4.15. The van der Waals surface area contributed by atoms with Gasteiger partial charge >= 0.3 is 245 Å². The van der Waals surface area contributed by atoms with Crippen molar-refractivity contribution >= 4 is 44.7 Å². The normalized spacial score (nSPS) is 18.1. The van der Waals surface area contributed by atoms with Crippen LogP contribution in [0, 0.1) is 0 Å². The van der Waals surface area contributed by atoms with Gasteiger partial charge in [0.2, 0.25) is 0 Å². The van der Waals surface area contributed by atoms with Gasteiger partial charge in [0.1, 0.15) is 0 Å². The molecule has 2 aliphatic heterocycles. The van der Waals surface area contributed by atoms with E-state index in [9.17, 15) is 13.2 Å². The van der Waals surface area contributed by atoms with Gasteiger partial charge in [-0.15, -0.1) is 0 Å². The molecule has 214 valence electrons. The van der Waals surface area contributed by atoms with E-state index >= 15 is 0 Å². The van der Waals surface area contributed by atoms with Crippen LogP contribution in [0.4, 0.5) is 4.79 Å². The number of benzene rings is 3. The standard InChI is InChI=1S/C31H29N4O5PS/c1-2-20-41(26-12-6-3-7-13-26,27-14-8-4-9-15-27,28-16-10-5-11-17-28)40-42(37,38)39-35-30-23-34(31(35)36)19-18-29(30)25-21-32-24-33-22-25/h2-18,20-22,24,30H,19,23H2,1H3. The minimum absolute atomic E-state index is 0.254. The first-order valence-corrected chi connectivity index (χ1v) is 17.0. The molecule has 3 heterocycles. The van der Waals surface area contributed by atoms with Crippen LogP contribution in [-0.4, -0.2) is 53.5 Å². The summed E-state index contributed by atoms with van der Waals surface area (Å²) in [5.41, 5.74) is 1.38. The Kier molecular flexibility index (Phi) is 7.24. The van der Waals surface area contributed by atoms with E-state index in [4.69, 9.17) is 8.25 Å². The average Bonchev–Trinajstić information content (AvgIpc) is 3.26. The van der Waals surface area contributed by atoms with Crippen molar-refractivity contribution in [2.75, 3.05) is 13.1 Å². The number of nitrogens with zero attached hydrogens (tertiary/aromatic N) is 4. The Bertz CT molecular complexity index is 1660. The maximum absolute atomic E-state index is 14.3. The first-order chi connectivity index (χ1) is 20.4. The Balaban J connectivity index is 1.51. The second-order valence-corrected chi connectivity index (χ2v) is 15.6. The van der Waals surface area contributed by atoms with Crippen LogP contribution >= 0.6 is 6.83 Å². The van der Waals surface area contributed by atoms with Crippen LogP contribution in [0.1, 0.15) is 12.5 Å². The fraction of sp³-hybridized carbons (Fsp3) is 0.129. The van der Waals surface area contributed by atoms with Crippen molar-refractivity contribution in [2.24, 2.45) is 0 Å². The molecule has 1 saturated heterocycles. The number of rotatable bonds is 9. The Morgan fingerprint density at radius 3 is 1.88 bits per heavy atom. The maximum atomic E-state index is 14.3. The van der Waals surface area contributed by atoms with Crippen LogP contribution in [0.3, 0.4) is 0 Å². The quantitative estimate of drug-likeness (QED) is 0.266. The molecule has 0 spiro atoms. The summed E-state index contributed by atoms with van der Waals surface area (Å²) in [4.78, 5) is 23.0. The number of allylic oxidation sites excluding steroid dienone is 1. The summed E-state index contributed by atoms with van der Waals surface area (Å²) in [5.74, 6) is 1.84. The summed E-state index contributed by atoms with van der Waals surface area (Å²) in [6, 6.07) is 26.6. The number of fused-ring (bicyclic) bond motifs is 2. The van der Waals surface area contributed by atoms with E-state index < -0.39 is 29.3 Å². The summed E-state index contributed by atoms with van der Waals surface area (Å²) < 4.78 is 40.8. The third-order valence-electron chi connectivity index (χ3n) is 7.58. The second kappa shape index (κ2) is 10.9. The summed E-state index contributed by atoms with van der Waals surface area (Å²) in [6.07, 6.45) is 8.32. The molecule has 0 N–H and O–H groups in total. The summed E-state index contributed by atoms with van der Waals surface area (Å²) >= 11 is 0. The van der Waals surface area contributed by atoms with Crippen LogP contribution in [0.5, 0.6) is 0 Å². The first-order valence-electron chi connectivity index (χ1n) is 13.4. The fourth-order valence-electron chi connectivity index (χ4n) is 5.82.